The van der Waals surface area contributed by atoms with E-state index in [1.807, 2.05) is 13.8 Å². The molecule has 19 heavy (non-hydrogen) atoms. The molecule has 0 saturated heterocycles. The van der Waals surface area contributed by atoms with E-state index in [9.17, 15) is 20.1 Å². The molecule has 114 valence electrons. The van der Waals surface area contributed by atoms with Crippen molar-refractivity contribution in [2.24, 2.45) is 0 Å². The molecule has 8 nitrogen and oxygen atoms in total. The van der Waals surface area contributed by atoms with Crippen molar-refractivity contribution >= 4 is 5.91 Å². The maximum atomic E-state index is 11.6. The SMILES string of the molecule is CCCN(CC)NC(=O)[C@H](O)[C@@H](O)[C@H](O)[C@H](O)CO. The fraction of sp³-hybridized carbons (Fsp3) is 0.909. The summed E-state index contributed by atoms with van der Waals surface area (Å²) in [5.74, 6) is -0.882. The second-order valence-electron chi connectivity index (χ2n) is 4.23. The predicted molar refractivity (Wildman–Crippen MR) is 66.8 cm³/mol. The van der Waals surface area contributed by atoms with Crippen LogP contribution in [0.15, 0.2) is 0 Å². The van der Waals surface area contributed by atoms with E-state index >= 15 is 0 Å². The van der Waals surface area contributed by atoms with Crippen LogP contribution in [0.25, 0.3) is 0 Å². The Morgan fingerprint density at radius 1 is 1.16 bits per heavy atom. The normalized spacial score (nSPS) is 17.9. The number of hydrazine groups is 1. The number of hydrogen-bond acceptors (Lipinski definition) is 7. The number of carbonyl (C=O) groups is 1. The van der Waals surface area contributed by atoms with E-state index in [-0.39, 0.29) is 0 Å². The molecule has 8 heteroatoms. The van der Waals surface area contributed by atoms with Crippen molar-refractivity contribution in [2.45, 2.75) is 44.7 Å². The van der Waals surface area contributed by atoms with E-state index < -0.39 is 36.9 Å². The van der Waals surface area contributed by atoms with Crippen LogP contribution >= 0.6 is 0 Å². The van der Waals surface area contributed by atoms with E-state index in [2.05, 4.69) is 5.43 Å². The lowest BCUT2D eigenvalue weighted by atomic mass is 10.0. The highest BCUT2D eigenvalue weighted by molar-refractivity contribution is 5.80. The molecular formula is C11H24N2O6. The molecule has 6 N–H and O–H groups in total. The molecule has 0 unspecified atom stereocenters. The lowest BCUT2D eigenvalue weighted by Crippen LogP contribution is -2.55. The second kappa shape index (κ2) is 9.18. The van der Waals surface area contributed by atoms with Crippen LogP contribution in [0.1, 0.15) is 20.3 Å². The number of hydrogen-bond donors (Lipinski definition) is 6. The number of aliphatic hydroxyl groups is 5. The van der Waals surface area contributed by atoms with Crippen LogP contribution in [0.5, 0.6) is 0 Å². The van der Waals surface area contributed by atoms with Crippen molar-refractivity contribution in [1.82, 2.24) is 10.4 Å². The van der Waals surface area contributed by atoms with Crippen molar-refractivity contribution in [3.8, 4) is 0 Å². The van der Waals surface area contributed by atoms with Gasteiger partial charge in [0.25, 0.3) is 5.91 Å². The van der Waals surface area contributed by atoms with Crippen LogP contribution in [0.2, 0.25) is 0 Å². The van der Waals surface area contributed by atoms with Gasteiger partial charge in [-0.2, -0.15) is 0 Å². The Hall–Kier alpha value is -0.770. The van der Waals surface area contributed by atoms with E-state index in [0.717, 1.165) is 6.42 Å². The summed E-state index contributed by atoms with van der Waals surface area (Å²) < 4.78 is 0. The minimum Gasteiger partial charge on any atom is -0.394 e. The highest BCUT2D eigenvalue weighted by atomic mass is 16.4. The first-order valence-electron chi connectivity index (χ1n) is 6.27. The van der Waals surface area contributed by atoms with Crippen LogP contribution in [-0.2, 0) is 4.79 Å². The fourth-order valence-electron chi connectivity index (χ4n) is 1.46. The third kappa shape index (κ3) is 5.81. The van der Waals surface area contributed by atoms with Gasteiger partial charge in [0.1, 0.15) is 18.3 Å². The molecule has 4 atom stereocenters. The summed E-state index contributed by atoms with van der Waals surface area (Å²) in [5, 5.41) is 47.8. The summed E-state index contributed by atoms with van der Waals surface area (Å²) in [4.78, 5) is 11.6. The molecule has 0 fully saturated rings. The highest BCUT2D eigenvalue weighted by Gasteiger charge is 2.34. The van der Waals surface area contributed by atoms with E-state index in [4.69, 9.17) is 10.2 Å². The van der Waals surface area contributed by atoms with Crippen molar-refractivity contribution in [2.75, 3.05) is 19.7 Å². The van der Waals surface area contributed by atoms with Crippen molar-refractivity contribution in [1.29, 1.82) is 0 Å². The molecule has 0 radical (unpaired) electrons. The molecule has 0 aromatic carbocycles. The third-order valence-electron chi connectivity index (χ3n) is 2.67. The summed E-state index contributed by atoms with van der Waals surface area (Å²) in [6.45, 7) is 4.03. The molecular weight excluding hydrogens is 256 g/mol. The van der Waals surface area contributed by atoms with Gasteiger partial charge in [0.05, 0.1) is 6.61 Å². The Morgan fingerprint density at radius 3 is 2.16 bits per heavy atom. The first-order chi connectivity index (χ1) is 8.88. The number of amides is 1. The number of carbonyl (C=O) groups excluding carboxylic acids is 1. The van der Waals surface area contributed by atoms with Crippen molar-refractivity contribution < 1.29 is 30.3 Å². The van der Waals surface area contributed by atoms with E-state index in [1.165, 1.54) is 0 Å². The summed E-state index contributed by atoms with van der Waals surface area (Å²) >= 11 is 0. The van der Waals surface area contributed by atoms with Gasteiger partial charge in [0, 0.05) is 13.1 Å². The molecule has 0 aliphatic carbocycles. The smallest absolute Gasteiger partial charge is 0.265 e. The van der Waals surface area contributed by atoms with Gasteiger partial charge in [-0.1, -0.05) is 13.8 Å². The molecule has 0 saturated carbocycles. The maximum Gasteiger partial charge on any atom is 0.265 e. The lowest BCUT2D eigenvalue weighted by molar-refractivity contribution is -0.153. The predicted octanol–water partition coefficient (Wildman–Crippen LogP) is -2.81. The van der Waals surface area contributed by atoms with Crippen molar-refractivity contribution in [3.05, 3.63) is 0 Å². The van der Waals surface area contributed by atoms with Crippen LogP contribution in [0, 0.1) is 0 Å². The maximum absolute atomic E-state index is 11.6. The van der Waals surface area contributed by atoms with E-state index in [0.29, 0.717) is 13.1 Å². The molecule has 1 amide bonds. The van der Waals surface area contributed by atoms with Gasteiger partial charge >= 0.3 is 0 Å². The van der Waals surface area contributed by atoms with Gasteiger partial charge < -0.3 is 25.5 Å². The molecule has 0 aliphatic heterocycles. The van der Waals surface area contributed by atoms with Gasteiger partial charge in [0.15, 0.2) is 6.10 Å². The standard InChI is InChI=1S/C11H24N2O6/c1-3-5-13(4-2)12-11(19)10(18)9(17)8(16)7(15)6-14/h7-10,14-18H,3-6H2,1-2H3,(H,12,19)/t7-,8-,9+,10-/m1/s1. The molecule has 0 bridgehead atoms. The topological polar surface area (TPSA) is 133 Å². The second-order valence-corrected chi connectivity index (χ2v) is 4.23. The number of rotatable bonds is 9. The van der Waals surface area contributed by atoms with Gasteiger partial charge in [-0.3, -0.25) is 10.2 Å². The zero-order valence-electron chi connectivity index (χ0n) is 11.2. The number of nitrogens with one attached hydrogen (secondary N) is 1. The average Bonchev–Trinajstić information content (AvgIpc) is 2.43. The molecule has 0 heterocycles. The lowest BCUT2D eigenvalue weighted by Gasteiger charge is -2.27. The highest BCUT2D eigenvalue weighted by Crippen LogP contribution is 2.05. The van der Waals surface area contributed by atoms with Crippen LogP contribution in [-0.4, -0.2) is 80.6 Å². The Kier molecular flexibility index (Phi) is 8.81. The monoisotopic (exact) mass is 280 g/mol. The van der Waals surface area contributed by atoms with Crippen LogP contribution in [0.3, 0.4) is 0 Å². The molecule has 0 aliphatic rings. The molecule has 0 aromatic rings. The Balaban J connectivity index is 4.46. The quantitative estimate of drug-likeness (QED) is 0.251. The summed E-state index contributed by atoms with van der Waals surface area (Å²) in [6.07, 6.45) is -6.44. The Labute approximate surface area is 112 Å². The van der Waals surface area contributed by atoms with Gasteiger partial charge in [-0.05, 0) is 6.42 Å². The van der Waals surface area contributed by atoms with Gasteiger partial charge in [-0.15, -0.1) is 0 Å². The molecule has 0 aromatic heterocycles. The zero-order chi connectivity index (χ0) is 15.0. The van der Waals surface area contributed by atoms with Gasteiger partial charge in [0.2, 0.25) is 0 Å². The van der Waals surface area contributed by atoms with Crippen LogP contribution in [0.4, 0.5) is 0 Å². The van der Waals surface area contributed by atoms with Crippen LogP contribution < -0.4 is 5.43 Å². The summed E-state index contributed by atoms with van der Waals surface area (Å²) in [6, 6.07) is 0. The number of aliphatic hydroxyl groups excluding tert-OH is 5. The fourth-order valence-corrected chi connectivity index (χ4v) is 1.46. The molecule has 0 rings (SSSR count). The summed E-state index contributed by atoms with van der Waals surface area (Å²) in [5.41, 5.74) is 2.39. The largest absolute Gasteiger partial charge is 0.394 e. The first-order valence-corrected chi connectivity index (χ1v) is 6.27. The average molecular weight is 280 g/mol. The minimum absolute atomic E-state index is 0.518. The minimum atomic E-state index is -1.90. The Morgan fingerprint density at radius 2 is 1.74 bits per heavy atom. The Bertz CT molecular complexity index is 266. The molecule has 0 spiro atoms. The zero-order valence-corrected chi connectivity index (χ0v) is 11.2. The van der Waals surface area contributed by atoms with E-state index in [1.54, 1.807) is 5.01 Å². The summed E-state index contributed by atoms with van der Waals surface area (Å²) in [7, 11) is 0. The van der Waals surface area contributed by atoms with Crippen molar-refractivity contribution in [3.63, 3.8) is 0 Å². The third-order valence-corrected chi connectivity index (χ3v) is 2.67. The van der Waals surface area contributed by atoms with Gasteiger partial charge in [-0.25, -0.2) is 5.01 Å². The number of nitrogens with zero attached hydrogens (tertiary/aromatic N) is 1. The first kappa shape index (κ1) is 18.2.